The fraction of sp³-hybridized carbons (Fsp3) is 0.778. The number of carbonyl (C=O) groups excluding carboxylic acids is 2. The molecule has 3 N–H and O–H groups in total. The molecule has 5 heteroatoms. The van der Waals surface area contributed by atoms with Crippen LogP contribution in [0.4, 0.5) is 0 Å². The van der Waals surface area contributed by atoms with Gasteiger partial charge in [0.15, 0.2) is 11.8 Å². The van der Waals surface area contributed by atoms with Gasteiger partial charge in [0.05, 0.1) is 0 Å². The summed E-state index contributed by atoms with van der Waals surface area (Å²) >= 11 is 0. The van der Waals surface area contributed by atoms with Gasteiger partial charge in [0.1, 0.15) is 0 Å². The van der Waals surface area contributed by atoms with Crippen LogP contribution in [0.25, 0.3) is 0 Å². The van der Waals surface area contributed by atoms with Crippen molar-refractivity contribution in [1.29, 1.82) is 0 Å². The first-order valence-corrected chi connectivity index (χ1v) is 4.88. The second-order valence-electron chi connectivity index (χ2n) is 3.57. The number of hydrogen-bond donors (Lipinski definition) is 3. The Hall–Kier alpha value is -0.940. The molecule has 0 bridgehead atoms. The van der Waals surface area contributed by atoms with Crippen molar-refractivity contribution < 1.29 is 9.59 Å². The van der Waals surface area contributed by atoms with Crippen LogP contribution in [0, 0.1) is 0 Å². The number of rotatable bonds is 5. The molecule has 1 amide bonds. The quantitative estimate of drug-likeness (QED) is 0.406. The summed E-state index contributed by atoms with van der Waals surface area (Å²) in [7, 11) is 1.52. The van der Waals surface area contributed by atoms with E-state index >= 15 is 0 Å². The monoisotopic (exact) mass is 199 g/mol. The van der Waals surface area contributed by atoms with E-state index in [0.29, 0.717) is 6.04 Å². The summed E-state index contributed by atoms with van der Waals surface area (Å²) in [4.78, 5) is 22.3. The second-order valence-corrected chi connectivity index (χ2v) is 3.57. The Kier molecular flexibility index (Phi) is 4.03. The van der Waals surface area contributed by atoms with Gasteiger partial charge >= 0.3 is 0 Å². The SMILES string of the molecule is CNC(=O)C(NNC1CCC1)C(C)=O. The molecule has 0 saturated heterocycles. The maximum Gasteiger partial charge on any atom is 0.245 e. The van der Waals surface area contributed by atoms with Crippen LogP contribution in [0.5, 0.6) is 0 Å². The van der Waals surface area contributed by atoms with Crippen molar-refractivity contribution in [2.75, 3.05) is 7.05 Å². The lowest BCUT2D eigenvalue weighted by molar-refractivity contribution is -0.130. The molecule has 80 valence electrons. The lowest BCUT2D eigenvalue weighted by Crippen LogP contribution is -2.56. The highest BCUT2D eigenvalue weighted by Crippen LogP contribution is 2.17. The third kappa shape index (κ3) is 2.78. The molecular formula is C9H17N3O2. The lowest BCUT2D eigenvalue weighted by atomic mass is 9.94. The van der Waals surface area contributed by atoms with E-state index in [2.05, 4.69) is 16.2 Å². The Balaban J connectivity index is 2.34. The van der Waals surface area contributed by atoms with E-state index in [1.54, 1.807) is 0 Å². The molecule has 1 rings (SSSR count). The standard InChI is InChI=1S/C9H17N3O2/c1-6(13)8(9(14)10-2)12-11-7-4-3-5-7/h7-8,11-12H,3-5H2,1-2H3,(H,10,14). The van der Waals surface area contributed by atoms with Crippen molar-refractivity contribution >= 4 is 11.7 Å². The molecule has 1 aliphatic rings. The topological polar surface area (TPSA) is 70.2 Å². The first-order chi connectivity index (χ1) is 6.65. The summed E-state index contributed by atoms with van der Waals surface area (Å²) in [5.41, 5.74) is 5.74. The van der Waals surface area contributed by atoms with Gasteiger partial charge in [0.2, 0.25) is 5.91 Å². The number of Topliss-reactive ketones (excluding diaryl/α,β-unsaturated/α-hetero) is 1. The van der Waals surface area contributed by atoms with Crippen molar-refractivity contribution in [3.8, 4) is 0 Å². The number of hydrazine groups is 1. The summed E-state index contributed by atoms with van der Waals surface area (Å²) in [6.45, 7) is 1.40. The molecule has 1 aliphatic carbocycles. The molecule has 1 unspecified atom stereocenters. The fourth-order valence-electron chi connectivity index (χ4n) is 1.25. The van der Waals surface area contributed by atoms with Crippen molar-refractivity contribution in [2.45, 2.75) is 38.3 Å². The third-order valence-corrected chi connectivity index (χ3v) is 2.45. The second kappa shape index (κ2) is 5.07. The molecule has 0 aliphatic heterocycles. The molecule has 0 heterocycles. The number of nitrogens with one attached hydrogen (secondary N) is 3. The van der Waals surface area contributed by atoms with Gasteiger partial charge in [0, 0.05) is 13.1 Å². The van der Waals surface area contributed by atoms with E-state index in [9.17, 15) is 9.59 Å². The maximum absolute atomic E-state index is 11.2. The van der Waals surface area contributed by atoms with Gasteiger partial charge in [-0.2, -0.15) is 0 Å². The zero-order chi connectivity index (χ0) is 10.6. The minimum atomic E-state index is -0.777. The van der Waals surface area contributed by atoms with E-state index in [0.717, 1.165) is 12.8 Å². The molecule has 5 nitrogen and oxygen atoms in total. The molecular weight excluding hydrogens is 182 g/mol. The molecule has 0 spiro atoms. The van der Waals surface area contributed by atoms with Crippen molar-refractivity contribution in [2.24, 2.45) is 0 Å². The van der Waals surface area contributed by atoms with E-state index in [1.807, 2.05) is 0 Å². The lowest BCUT2D eigenvalue weighted by Gasteiger charge is -2.28. The van der Waals surface area contributed by atoms with E-state index in [-0.39, 0.29) is 11.7 Å². The Morgan fingerprint density at radius 3 is 2.36 bits per heavy atom. The third-order valence-electron chi connectivity index (χ3n) is 2.45. The summed E-state index contributed by atoms with van der Waals surface area (Å²) in [6, 6.07) is -0.373. The predicted octanol–water partition coefficient (Wildman–Crippen LogP) is -0.663. The number of amides is 1. The minimum absolute atomic E-state index is 0.184. The van der Waals surface area contributed by atoms with E-state index < -0.39 is 6.04 Å². The molecule has 0 aromatic carbocycles. The van der Waals surface area contributed by atoms with E-state index in [4.69, 9.17) is 0 Å². The molecule has 14 heavy (non-hydrogen) atoms. The summed E-state index contributed by atoms with van der Waals surface area (Å²) < 4.78 is 0. The molecule has 0 aromatic heterocycles. The van der Waals surface area contributed by atoms with Crippen LogP contribution in [0.3, 0.4) is 0 Å². The number of hydrogen-bond acceptors (Lipinski definition) is 4. The Bertz CT molecular complexity index is 226. The molecule has 1 saturated carbocycles. The van der Waals surface area contributed by atoms with Crippen LogP contribution < -0.4 is 16.2 Å². The van der Waals surface area contributed by atoms with Crippen LogP contribution in [0.15, 0.2) is 0 Å². The van der Waals surface area contributed by atoms with Crippen molar-refractivity contribution in [3.63, 3.8) is 0 Å². The largest absolute Gasteiger partial charge is 0.357 e. The van der Waals surface area contributed by atoms with Gasteiger partial charge in [-0.15, -0.1) is 0 Å². The van der Waals surface area contributed by atoms with Gasteiger partial charge in [-0.25, -0.2) is 5.43 Å². The minimum Gasteiger partial charge on any atom is -0.357 e. The highest BCUT2D eigenvalue weighted by Gasteiger charge is 2.24. The normalized spacial score (nSPS) is 18.4. The van der Waals surface area contributed by atoms with Gasteiger partial charge < -0.3 is 5.32 Å². The predicted molar refractivity (Wildman–Crippen MR) is 52.4 cm³/mol. The van der Waals surface area contributed by atoms with Crippen molar-refractivity contribution in [3.05, 3.63) is 0 Å². The summed E-state index contributed by atoms with van der Waals surface area (Å²) in [5.74, 6) is -0.486. The van der Waals surface area contributed by atoms with E-state index in [1.165, 1.54) is 20.4 Å². The smallest absolute Gasteiger partial charge is 0.245 e. The van der Waals surface area contributed by atoms with Gasteiger partial charge in [0.25, 0.3) is 0 Å². The zero-order valence-corrected chi connectivity index (χ0v) is 8.59. The van der Waals surface area contributed by atoms with Gasteiger partial charge in [-0.3, -0.25) is 15.0 Å². The molecule has 1 atom stereocenters. The Morgan fingerprint density at radius 2 is 2.00 bits per heavy atom. The highest BCUT2D eigenvalue weighted by molar-refractivity contribution is 6.04. The van der Waals surface area contributed by atoms with Crippen LogP contribution in [0.1, 0.15) is 26.2 Å². The first-order valence-electron chi connectivity index (χ1n) is 4.88. The number of likely N-dealkylation sites (N-methyl/N-ethyl adjacent to an activating group) is 1. The molecule has 0 radical (unpaired) electrons. The summed E-state index contributed by atoms with van der Waals surface area (Å²) in [5, 5.41) is 2.44. The van der Waals surface area contributed by atoms with Gasteiger partial charge in [-0.05, 0) is 19.8 Å². The molecule has 0 aromatic rings. The Morgan fingerprint density at radius 1 is 1.36 bits per heavy atom. The molecule has 1 fully saturated rings. The maximum atomic E-state index is 11.2. The van der Waals surface area contributed by atoms with Gasteiger partial charge in [-0.1, -0.05) is 6.42 Å². The number of ketones is 1. The zero-order valence-electron chi connectivity index (χ0n) is 8.59. The first kappa shape index (κ1) is 11.1. The highest BCUT2D eigenvalue weighted by atomic mass is 16.2. The Labute approximate surface area is 83.6 Å². The fourth-order valence-corrected chi connectivity index (χ4v) is 1.25. The average molecular weight is 199 g/mol. The van der Waals surface area contributed by atoms with Crippen LogP contribution in [-0.2, 0) is 9.59 Å². The average Bonchev–Trinajstić information content (AvgIpc) is 2.07. The van der Waals surface area contributed by atoms with Crippen LogP contribution in [-0.4, -0.2) is 30.8 Å². The van der Waals surface area contributed by atoms with Crippen molar-refractivity contribution in [1.82, 2.24) is 16.2 Å². The number of carbonyl (C=O) groups is 2. The van der Waals surface area contributed by atoms with Crippen LogP contribution in [0.2, 0.25) is 0 Å². The van der Waals surface area contributed by atoms with Crippen LogP contribution >= 0.6 is 0 Å². The summed E-state index contributed by atoms with van der Waals surface area (Å²) in [6.07, 6.45) is 3.42.